The van der Waals surface area contributed by atoms with Gasteiger partial charge in [-0.05, 0) is 62.2 Å². The van der Waals surface area contributed by atoms with E-state index < -0.39 is 14.4 Å². The number of hydrogen-bond acceptors (Lipinski definition) is 5. The van der Waals surface area contributed by atoms with E-state index in [0.717, 1.165) is 25.0 Å². The molecule has 36 heavy (non-hydrogen) atoms. The molecule has 1 aromatic carbocycles. The summed E-state index contributed by atoms with van der Waals surface area (Å²) in [4.78, 5) is 14.9. The van der Waals surface area contributed by atoms with E-state index in [1.54, 1.807) is 16.7 Å². The Balaban J connectivity index is 2.05. The van der Waals surface area contributed by atoms with Gasteiger partial charge in [0.05, 0.1) is 12.5 Å². The van der Waals surface area contributed by atoms with Crippen molar-refractivity contribution in [2.45, 2.75) is 110 Å². The maximum Gasteiger partial charge on any atom is 0.230 e. The number of rotatable bonds is 12. The van der Waals surface area contributed by atoms with Crippen LogP contribution in [0.5, 0.6) is 0 Å². The highest BCUT2D eigenvalue weighted by Crippen LogP contribution is 2.38. The van der Waals surface area contributed by atoms with E-state index in [-0.39, 0.29) is 29.5 Å². The van der Waals surface area contributed by atoms with Crippen LogP contribution in [0.15, 0.2) is 42.0 Å². The van der Waals surface area contributed by atoms with Crippen molar-refractivity contribution in [2.75, 3.05) is 5.75 Å². The summed E-state index contributed by atoms with van der Waals surface area (Å²) >= 11 is 7.02. The van der Waals surface area contributed by atoms with Crippen molar-refractivity contribution in [1.82, 2.24) is 4.90 Å². The lowest BCUT2D eigenvalue weighted by Crippen LogP contribution is -2.45. The molecular weight excluding hydrogens is 503 g/mol. The Morgan fingerprint density at radius 1 is 1.28 bits per heavy atom. The van der Waals surface area contributed by atoms with Crippen molar-refractivity contribution >= 4 is 42.5 Å². The molecule has 3 atom stereocenters. The Morgan fingerprint density at radius 2 is 1.92 bits per heavy atom. The van der Waals surface area contributed by atoms with Crippen LogP contribution in [-0.4, -0.2) is 52.6 Å². The van der Waals surface area contributed by atoms with Gasteiger partial charge in [0.1, 0.15) is 4.32 Å². The number of thiocarbonyl (C=S) groups is 1. The third-order valence-corrected chi connectivity index (χ3v) is 13.6. The first-order chi connectivity index (χ1) is 16.7. The van der Waals surface area contributed by atoms with Gasteiger partial charge in [-0.3, -0.25) is 9.69 Å². The van der Waals surface area contributed by atoms with Crippen molar-refractivity contribution in [3.63, 3.8) is 0 Å². The average molecular weight is 550 g/mol. The zero-order chi connectivity index (χ0) is 27.1. The highest BCUT2D eigenvalue weighted by atomic mass is 32.2. The van der Waals surface area contributed by atoms with Gasteiger partial charge in [0.15, 0.2) is 8.32 Å². The Kier molecular flexibility index (Phi) is 11.9. The van der Waals surface area contributed by atoms with Gasteiger partial charge in [-0.25, -0.2) is 0 Å². The van der Waals surface area contributed by atoms with Gasteiger partial charge in [-0.1, -0.05) is 101 Å². The molecule has 0 aliphatic carbocycles. The van der Waals surface area contributed by atoms with Crippen LogP contribution in [0.2, 0.25) is 18.1 Å². The number of hydrogen-bond donors (Lipinski definition) is 1. The molecule has 1 fully saturated rings. The van der Waals surface area contributed by atoms with Crippen molar-refractivity contribution in [1.29, 1.82) is 0 Å². The van der Waals surface area contributed by atoms with Crippen LogP contribution in [0, 0.1) is 5.92 Å². The summed E-state index contributed by atoms with van der Waals surface area (Å²) in [7, 11) is -2.03. The van der Waals surface area contributed by atoms with Crippen LogP contribution in [0.3, 0.4) is 0 Å². The van der Waals surface area contributed by atoms with Crippen molar-refractivity contribution < 1.29 is 14.3 Å². The summed E-state index contributed by atoms with van der Waals surface area (Å²) in [5.74, 6) is 1.10. The zero-order valence-electron chi connectivity index (χ0n) is 23.5. The van der Waals surface area contributed by atoms with Gasteiger partial charge in [0.2, 0.25) is 5.91 Å². The number of aliphatic hydroxyl groups excluding tert-OH is 1. The SMILES string of the molecule is C/C(=C\Cc1ccccc1)CC[C@H](C[C@H](O)CC(=O)N1C(=S)SC[C@@H]1C(C)C)O[Si](C)(C)C(C)(C)C. The second kappa shape index (κ2) is 13.7. The molecule has 1 N–H and O–H groups in total. The lowest BCUT2D eigenvalue weighted by Gasteiger charge is -2.40. The minimum atomic E-state index is -2.03. The van der Waals surface area contributed by atoms with Crippen molar-refractivity contribution in [3.05, 3.63) is 47.5 Å². The summed E-state index contributed by atoms with van der Waals surface area (Å²) in [5, 5.41) is 11.1. The van der Waals surface area contributed by atoms with Crippen molar-refractivity contribution in [2.24, 2.45) is 5.92 Å². The maximum atomic E-state index is 13.1. The minimum absolute atomic E-state index is 0.0683. The Morgan fingerprint density at radius 3 is 2.50 bits per heavy atom. The third kappa shape index (κ3) is 9.39. The van der Waals surface area contributed by atoms with Crippen LogP contribution >= 0.6 is 24.0 Å². The van der Waals surface area contributed by atoms with E-state index in [2.05, 4.69) is 85.0 Å². The highest BCUT2D eigenvalue weighted by molar-refractivity contribution is 8.23. The van der Waals surface area contributed by atoms with E-state index >= 15 is 0 Å². The van der Waals surface area contributed by atoms with Crippen LogP contribution in [0.25, 0.3) is 0 Å². The van der Waals surface area contributed by atoms with Gasteiger partial charge >= 0.3 is 0 Å². The second-order valence-electron chi connectivity index (χ2n) is 12.0. The number of thioether (sulfide) groups is 1. The lowest BCUT2D eigenvalue weighted by molar-refractivity contribution is -0.131. The first-order valence-electron chi connectivity index (χ1n) is 13.3. The molecular formula is C29H47NO3S2Si. The molecule has 0 radical (unpaired) electrons. The fourth-order valence-electron chi connectivity index (χ4n) is 4.12. The molecule has 1 saturated heterocycles. The lowest BCUT2D eigenvalue weighted by atomic mass is 10.00. The Labute approximate surface area is 230 Å². The molecule has 2 rings (SSSR count). The number of aliphatic hydroxyl groups is 1. The average Bonchev–Trinajstić information content (AvgIpc) is 3.17. The van der Waals surface area contributed by atoms with E-state index in [4.69, 9.17) is 16.6 Å². The Bertz CT molecular complexity index is 896. The molecule has 0 unspecified atom stereocenters. The summed E-state index contributed by atoms with van der Waals surface area (Å²) in [6, 6.07) is 10.6. The summed E-state index contributed by atoms with van der Waals surface area (Å²) in [6.07, 6.45) is 4.67. The number of carbonyl (C=O) groups excluding carboxylic acids is 1. The fourth-order valence-corrected chi connectivity index (χ4v) is 7.18. The molecule has 1 aliphatic rings. The summed E-state index contributed by atoms with van der Waals surface area (Å²) in [5.41, 5.74) is 2.63. The van der Waals surface area contributed by atoms with Crippen LogP contribution in [-0.2, 0) is 15.6 Å². The molecule has 1 heterocycles. The molecule has 1 aliphatic heterocycles. The van der Waals surface area contributed by atoms with E-state index in [9.17, 15) is 9.90 Å². The first kappa shape index (κ1) is 31.2. The summed E-state index contributed by atoms with van der Waals surface area (Å²) in [6.45, 7) is 17.6. The topological polar surface area (TPSA) is 49.8 Å². The predicted octanol–water partition coefficient (Wildman–Crippen LogP) is 7.37. The highest BCUT2D eigenvalue weighted by Gasteiger charge is 2.40. The first-order valence-corrected chi connectivity index (χ1v) is 17.6. The smallest absolute Gasteiger partial charge is 0.230 e. The Hall–Kier alpha value is -0.993. The normalized spacial score (nSPS) is 19.2. The molecule has 0 spiro atoms. The molecule has 0 bridgehead atoms. The molecule has 0 saturated carbocycles. The number of benzene rings is 1. The van der Waals surface area contributed by atoms with Gasteiger partial charge in [-0.15, -0.1) is 0 Å². The molecule has 1 aromatic rings. The molecule has 4 nitrogen and oxygen atoms in total. The van der Waals surface area contributed by atoms with E-state index in [1.165, 1.54) is 11.1 Å². The monoisotopic (exact) mass is 549 g/mol. The predicted molar refractivity (Wildman–Crippen MR) is 161 cm³/mol. The fraction of sp³-hybridized carbons (Fsp3) is 0.655. The summed E-state index contributed by atoms with van der Waals surface area (Å²) < 4.78 is 7.41. The zero-order valence-corrected chi connectivity index (χ0v) is 26.2. The van der Waals surface area contributed by atoms with Crippen molar-refractivity contribution in [3.8, 4) is 0 Å². The van der Waals surface area contributed by atoms with E-state index in [1.807, 2.05) is 6.07 Å². The molecule has 0 aromatic heterocycles. The van der Waals surface area contributed by atoms with Crippen LogP contribution in [0.4, 0.5) is 0 Å². The number of amides is 1. The van der Waals surface area contributed by atoms with Gasteiger partial charge in [-0.2, -0.15) is 0 Å². The number of allylic oxidation sites excluding steroid dienone is 2. The largest absolute Gasteiger partial charge is 0.414 e. The molecule has 202 valence electrons. The molecule has 7 heteroatoms. The number of nitrogens with zero attached hydrogens (tertiary/aromatic N) is 1. The maximum absolute atomic E-state index is 13.1. The third-order valence-electron chi connectivity index (χ3n) is 7.55. The standard InChI is InChI=1S/C29H47NO3S2Si/c1-21(2)26-20-35-28(34)30(26)27(32)19-24(31)18-25(33-36(7,8)29(4,5)6)17-15-22(3)14-16-23-12-10-9-11-13-23/h9-14,21,24-26,31H,15-20H2,1-8H3/b22-14+/t24-,25+,26+/m0/s1. The minimum Gasteiger partial charge on any atom is -0.414 e. The quantitative estimate of drug-likeness (QED) is 0.168. The van der Waals surface area contributed by atoms with E-state index in [0.29, 0.717) is 16.7 Å². The van der Waals surface area contributed by atoms with Gasteiger partial charge in [0.25, 0.3) is 0 Å². The van der Waals surface area contributed by atoms with Gasteiger partial charge < -0.3 is 9.53 Å². The number of carbonyl (C=O) groups is 1. The molecule has 1 amide bonds. The second-order valence-corrected chi connectivity index (χ2v) is 18.4. The van der Waals surface area contributed by atoms with Gasteiger partial charge in [0, 0.05) is 17.9 Å². The van der Waals surface area contributed by atoms with Crippen LogP contribution < -0.4 is 0 Å². The van der Waals surface area contributed by atoms with Crippen LogP contribution in [0.1, 0.15) is 72.8 Å².